The van der Waals surface area contributed by atoms with Crippen molar-refractivity contribution in [2.45, 2.75) is 13.3 Å². The van der Waals surface area contributed by atoms with E-state index in [0.29, 0.717) is 28.5 Å². The molecule has 0 aromatic heterocycles. The Labute approximate surface area is 162 Å². The Morgan fingerprint density at radius 1 is 1.00 bits per heavy atom. The zero-order valence-electron chi connectivity index (χ0n) is 15.0. The van der Waals surface area contributed by atoms with Gasteiger partial charge in [-0.15, -0.1) is 0 Å². The van der Waals surface area contributed by atoms with E-state index in [-0.39, 0.29) is 18.2 Å². The van der Waals surface area contributed by atoms with Gasteiger partial charge in [0.15, 0.2) is 0 Å². The summed E-state index contributed by atoms with van der Waals surface area (Å²) in [5, 5.41) is 8.81. The van der Waals surface area contributed by atoms with Crippen LogP contribution < -0.4 is 16.0 Å². The molecule has 0 bridgehead atoms. The SMILES string of the molecule is COC(=O)c1ccc(Cl)c(NC(=O)CCNc2ccc(NC(C)=O)cc2)c1. The van der Waals surface area contributed by atoms with Crippen LogP contribution in [0.3, 0.4) is 0 Å². The fourth-order valence-electron chi connectivity index (χ4n) is 2.27. The average Bonchev–Trinajstić information content (AvgIpc) is 2.64. The number of hydrogen-bond acceptors (Lipinski definition) is 5. The monoisotopic (exact) mass is 389 g/mol. The summed E-state index contributed by atoms with van der Waals surface area (Å²) in [6.07, 6.45) is 0.201. The van der Waals surface area contributed by atoms with Crippen molar-refractivity contribution in [2.75, 3.05) is 29.6 Å². The molecule has 3 N–H and O–H groups in total. The van der Waals surface area contributed by atoms with Crippen molar-refractivity contribution in [3.8, 4) is 0 Å². The number of anilines is 3. The molecule has 2 amide bonds. The Balaban J connectivity index is 1.86. The number of esters is 1. The molecule has 0 atom stereocenters. The third-order valence-electron chi connectivity index (χ3n) is 3.55. The van der Waals surface area contributed by atoms with E-state index in [1.165, 1.54) is 32.2 Å². The molecule has 0 aliphatic carbocycles. The van der Waals surface area contributed by atoms with E-state index in [0.717, 1.165) is 5.69 Å². The second-order valence-electron chi connectivity index (χ2n) is 5.67. The fourth-order valence-corrected chi connectivity index (χ4v) is 2.44. The lowest BCUT2D eigenvalue weighted by Crippen LogP contribution is -2.17. The van der Waals surface area contributed by atoms with E-state index in [9.17, 15) is 14.4 Å². The number of nitrogens with one attached hydrogen (secondary N) is 3. The Hall–Kier alpha value is -3.06. The highest BCUT2D eigenvalue weighted by atomic mass is 35.5. The lowest BCUT2D eigenvalue weighted by Gasteiger charge is -2.10. The van der Waals surface area contributed by atoms with Crippen LogP contribution in [0.15, 0.2) is 42.5 Å². The van der Waals surface area contributed by atoms with Crippen LogP contribution in [0.2, 0.25) is 5.02 Å². The van der Waals surface area contributed by atoms with Crippen molar-refractivity contribution in [2.24, 2.45) is 0 Å². The maximum absolute atomic E-state index is 12.1. The van der Waals surface area contributed by atoms with Gasteiger partial charge in [0.1, 0.15) is 0 Å². The Kier molecular flexibility index (Phi) is 7.19. The van der Waals surface area contributed by atoms with Gasteiger partial charge in [0.25, 0.3) is 0 Å². The lowest BCUT2D eigenvalue weighted by atomic mass is 10.2. The molecule has 0 spiro atoms. The highest BCUT2D eigenvalue weighted by Crippen LogP contribution is 2.23. The van der Waals surface area contributed by atoms with E-state index < -0.39 is 5.97 Å². The van der Waals surface area contributed by atoms with Crippen molar-refractivity contribution in [1.29, 1.82) is 0 Å². The second kappa shape index (κ2) is 9.59. The molecule has 0 aliphatic rings. The molecule has 7 nitrogen and oxygen atoms in total. The molecule has 2 rings (SSSR count). The smallest absolute Gasteiger partial charge is 0.337 e. The van der Waals surface area contributed by atoms with Gasteiger partial charge in [-0.05, 0) is 42.5 Å². The summed E-state index contributed by atoms with van der Waals surface area (Å²) in [5.41, 5.74) is 2.17. The van der Waals surface area contributed by atoms with Crippen LogP contribution in [0, 0.1) is 0 Å². The normalized spacial score (nSPS) is 10.0. The van der Waals surface area contributed by atoms with Crippen LogP contribution in [0.5, 0.6) is 0 Å². The summed E-state index contributed by atoms with van der Waals surface area (Å²) >= 11 is 6.06. The Morgan fingerprint density at radius 2 is 1.67 bits per heavy atom. The van der Waals surface area contributed by atoms with Gasteiger partial charge in [-0.3, -0.25) is 9.59 Å². The van der Waals surface area contributed by atoms with Gasteiger partial charge in [-0.1, -0.05) is 11.6 Å². The first-order chi connectivity index (χ1) is 12.9. The number of carbonyl (C=O) groups excluding carboxylic acids is 3. The predicted molar refractivity (Wildman–Crippen MR) is 105 cm³/mol. The van der Waals surface area contributed by atoms with Gasteiger partial charge in [0, 0.05) is 31.3 Å². The Bertz CT molecular complexity index is 837. The number of carbonyl (C=O) groups is 3. The summed E-state index contributed by atoms with van der Waals surface area (Å²) < 4.78 is 4.65. The van der Waals surface area contributed by atoms with Crippen molar-refractivity contribution >= 4 is 46.4 Å². The molecule has 0 heterocycles. The molecule has 0 unspecified atom stereocenters. The van der Waals surface area contributed by atoms with Crippen LogP contribution in [0.1, 0.15) is 23.7 Å². The minimum absolute atomic E-state index is 0.137. The number of amides is 2. The van der Waals surface area contributed by atoms with Crippen LogP contribution in [-0.2, 0) is 14.3 Å². The average molecular weight is 390 g/mol. The van der Waals surface area contributed by atoms with Crippen LogP contribution in [0.4, 0.5) is 17.1 Å². The minimum Gasteiger partial charge on any atom is -0.465 e. The largest absolute Gasteiger partial charge is 0.465 e. The highest BCUT2D eigenvalue weighted by molar-refractivity contribution is 6.33. The van der Waals surface area contributed by atoms with Gasteiger partial charge in [0.05, 0.1) is 23.4 Å². The molecule has 0 saturated heterocycles. The maximum atomic E-state index is 12.1. The van der Waals surface area contributed by atoms with Gasteiger partial charge < -0.3 is 20.7 Å². The van der Waals surface area contributed by atoms with Crippen molar-refractivity contribution in [3.05, 3.63) is 53.1 Å². The number of hydrogen-bond donors (Lipinski definition) is 3. The minimum atomic E-state index is -0.508. The molecule has 0 radical (unpaired) electrons. The first-order valence-corrected chi connectivity index (χ1v) is 8.56. The molecule has 2 aromatic rings. The summed E-state index contributed by atoms with van der Waals surface area (Å²) in [6.45, 7) is 1.84. The van der Waals surface area contributed by atoms with Gasteiger partial charge >= 0.3 is 5.97 Å². The van der Waals surface area contributed by atoms with Gasteiger partial charge in [-0.25, -0.2) is 4.79 Å². The zero-order chi connectivity index (χ0) is 19.8. The molecule has 0 fully saturated rings. The molecule has 0 aliphatic heterocycles. The Morgan fingerprint density at radius 3 is 2.30 bits per heavy atom. The molecule has 8 heteroatoms. The topological polar surface area (TPSA) is 96.5 Å². The number of halogens is 1. The van der Waals surface area contributed by atoms with Gasteiger partial charge in [0.2, 0.25) is 11.8 Å². The quantitative estimate of drug-likeness (QED) is 0.629. The van der Waals surface area contributed by atoms with E-state index in [1.807, 2.05) is 0 Å². The second-order valence-corrected chi connectivity index (χ2v) is 6.08. The van der Waals surface area contributed by atoms with E-state index >= 15 is 0 Å². The molecular weight excluding hydrogens is 370 g/mol. The summed E-state index contributed by atoms with van der Waals surface area (Å²) in [6, 6.07) is 11.7. The van der Waals surface area contributed by atoms with Crippen LogP contribution in [-0.4, -0.2) is 31.4 Å². The number of rotatable bonds is 7. The molecular formula is C19H20ClN3O4. The molecule has 2 aromatic carbocycles. The molecule has 0 saturated carbocycles. The number of benzene rings is 2. The zero-order valence-corrected chi connectivity index (χ0v) is 15.7. The summed E-state index contributed by atoms with van der Waals surface area (Å²) in [5.74, 6) is -0.893. The first kappa shape index (κ1) is 20.3. The number of ether oxygens (including phenoxy) is 1. The summed E-state index contributed by atoms with van der Waals surface area (Å²) in [7, 11) is 1.28. The fraction of sp³-hybridized carbons (Fsp3) is 0.211. The van der Waals surface area contributed by atoms with Crippen LogP contribution >= 0.6 is 11.6 Å². The predicted octanol–water partition coefficient (Wildman–Crippen LogP) is 3.53. The third kappa shape index (κ3) is 6.31. The van der Waals surface area contributed by atoms with Crippen molar-refractivity contribution in [3.63, 3.8) is 0 Å². The van der Waals surface area contributed by atoms with E-state index in [4.69, 9.17) is 11.6 Å². The standard InChI is InChI=1S/C19H20ClN3O4/c1-12(24)22-15-6-4-14(5-7-15)21-10-9-18(25)23-17-11-13(19(26)27-2)3-8-16(17)20/h3-8,11,21H,9-10H2,1-2H3,(H,22,24)(H,23,25). The molecule has 27 heavy (non-hydrogen) atoms. The molecule has 142 valence electrons. The third-order valence-corrected chi connectivity index (χ3v) is 3.88. The first-order valence-electron chi connectivity index (χ1n) is 8.18. The van der Waals surface area contributed by atoms with Crippen molar-refractivity contribution in [1.82, 2.24) is 0 Å². The van der Waals surface area contributed by atoms with Gasteiger partial charge in [-0.2, -0.15) is 0 Å². The number of methoxy groups -OCH3 is 1. The maximum Gasteiger partial charge on any atom is 0.337 e. The lowest BCUT2D eigenvalue weighted by molar-refractivity contribution is -0.116. The van der Waals surface area contributed by atoms with Crippen LogP contribution in [0.25, 0.3) is 0 Å². The van der Waals surface area contributed by atoms with Crippen molar-refractivity contribution < 1.29 is 19.1 Å². The highest BCUT2D eigenvalue weighted by Gasteiger charge is 2.11. The summed E-state index contributed by atoms with van der Waals surface area (Å²) in [4.78, 5) is 34.7. The van der Waals surface area contributed by atoms with E-state index in [2.05, 4.69) is 20.7 Å². The van der Waals surface area contributed by atoms with E-state index in [1.54, 1.807) is 24.3 Å².